The summed E-state index contributed by atoms with van der Waals surface area (Å²) in [5.74, 6) is 0.930. The van der Waals surface area contributed by atoms with E-state index in [2.05, 4.69) is 70.0 Å². The molecule has 1 aromatic carbocycles. The van der Waals surface area contributed by atoms with Crippen LogP contribution in [-0.4, -0.2) is 56.9 Å². The molecule has 0 bridgehead atoms. The zero-order valence-corrected chi connectivity index (χ0v) is 21.6. The predicted molar refractivity (Wildman–Crippen MR) is 142 cm³/mol. The second kappa shape index (κ2) is 8.57. The number of nitrogens with zero attached hydrogens (tertiary/aromatic N) is 3. The molecule has 1 aliphatic heterocycles. The molecule has 1 spiro atoms. The topological polar surface area (TPSA) is 105 Å². The first kappa shape index (κ1) is 23.5. The molecule has 2 fully saturated rings. The average molecular weight is 489 g/mol. The van der Waals surface area contributed by atoms with Crippen molar-refractivity contribution in [1.82, 2.24) is 24.8 Å². The van der Waals surface area contributed by atoms with Gasteiger partial charge in [-0.15, -0.1) is 0 Å². The minimum Gasteiger partial charge on any atom is -0.384 e. The predicted octanol–water partition coefficient (Wildman–Crippen LogP) is 5.14. The molecular formula is C28H36N6O2. The minimum absolute atomic E-state index is 0.114. The lowest BCUT2D eigenvalue weighted by Crippen LogP contribution is -2.51. The maximum atomic E-state index is 6.23. The van der Waals surface area contributed by atoms with Crippen molar-refractivity contribution in [3.63, 3.8) is 0 Å². The number of aromatic amines is 2. The summed E-state index contributed by atoms with van der Waals surface area (Å²) < 4.78 is 12.5. The van der Waals surface area contributed by atoms with Crippen molar-refractivity contribution in [2.75, 3.05) is 26.0 Å². The highest BCUT2D eigenvalue weighted by atomic mass is 16.7. The smallest absolute Gasteiger partial charge is 0.180 e. The SMILES string of the molecule is Cc1nc2nc(N)cc(-c3cc4cc(CN(C)C5CCC6(CC5)OCC(C)(C)CO6)ccc4[nH]3)c2[nH]1. The van der Waals surface area contributed by atoms with Gasteiger partial charge in [-0.2, -0.15) is 0 Å². The highest BCUT2D eigenvalue weighted by Crippen LogP contribution is 2.40. The van der Waals surface area contributed by atoms with E-state index in [9.17, 15) is 0 Å². The molecule has 4 N–H and O–H groups in total. The number of nitrogens with two attached hydrogens (primary N) is 1. The van der Waals surface area contributed by atoms with E-state index < -0.39 is 0 Å². The number of rotatable bonds is 4. The van der Waals surface area contributed by atoms with Crippen molar-refractivity contribution >= 4 is 27.9 Å². The van der Waals surface area contributed by atoms with Gasteiger partial charge < -0.3 is 25.2 Å². The normalized spacial score (nSPS) is 20.1. The quantitative estimate of drug-likeness (QED) is 0.367. The minimum atomic E-state index is -0.359. The van der Waals surface area contributed by atoms with E-state index in [4.69, 9.17) is 15.2 Å². The molecule has 0 atom stereocenters. The summed E-state index contributed by atoms with van der Waals surface area (Å²) in [6.07, 6.45) is 4.12. The Labute approximate surface area is 211 Å². The lowest BCUT2D eigenvalue weighted by atomic mass is 9.86. The number of aryl methyl sites for hydroxylation is 1. The van der Waals surface area contributed by atoms with Gasteiger partial charge in [-0.05, 0) is 56.6 Å². The van der Waals surface area contributed by atoms with Gasteiger partial charge in [0.05, 0.1) is 18.7 Å². The van der Waals surface area contributed by atoms with Crippen LogP contribution in [0, 0.1) is 12.3 Å². The molecule has 4 heterocycles. The van der Waals surface area contributed by atoms with Gasteiger partial charge in [0.2, 0.25) is 0 Å². The second-order valence-electron chi connectivity index (χ2n) is 11.5. The number of imidazole rings is 1. The molecule has 36 heavy (non-hydrogen) atoms. The van der Waals surface area contributed by atoms with Crippen LogP contribution >= 0.6 is 0 Å². The van der Waals surface area contributed by atoms with Crippen LogP contribution in [0.3, 0.4) is 0 Å². The molecule has 6 rings (SSSR count). The molecule has 4 aromatic rings. The molecular weight excluding hydrogens is 452 g/mol. The van der Waals surface area contributed by atoms with E-state index >= 15 is 0 Å². The summed E-state index contributed by atoms with van der Waals surface area (Å²) in [4.78, 5) is 18.2. The van der Waals surface area contributed by atoms with Crippen LogP contribution in [0.15, 0.2) is 30.3 Å². The molecule has 0 radical (unpaired) electrons. The summed E-state index contributed by atoms with van der Waals surface area (Å²) in [6.45, 7) is 8.81. The number of ether oxygens (including phenoxy) is 2. The van der Waals surface area contributed by atoms with E-state index in [1.165, 1.54) is 10.9 Å². The van der Waals surface area contributed by atoms with Crippen LogP contribution in [0.4, 0.5) is 5.82 Å². The zero-order valence-electron chi connectivity index (χ0n) is 21.6. The fourth-order valence-electron chi connectivity index (χ4n) is 5.69. The van der Waals surface area contributed by atoms with Gasteiger partial charge in [0.25, 0.3) is 0 Å². The van der Waals surface area contributed by atoms with E-state index in [0.717, 1.165) is 73.6 Å². The molecule has 0 unspecified atom stereocenters. The first-order chi connectivity index (χ1) is 17.2. The lowest BCUT2D eigenvalue weighted by molar-refractivity contribution is -0.312. The number of aromatic nitrogens is 4. The fraction of sp³-hybridized carbons (Fsp3) is 0.500. The van der Waals surface area contributed by atoms with Crippen LogP contribution in [0.25, 0.3) is 33.3 Å². The van der Waals surface area contributed by atoms with E-state index in [0.29, 0.717) is 17.5 Å². The molecule has 190 valence electrons. The number of pyridine rings is 1. The van der Waals surface area contributed by atoms with Crippen LogP contribution < -0.4 is 5.73 Å². The van der Waals surface area contributed by atoms with Crippen molar-refractivity contribution in [2.24, 2.45) is 5.41 Å². The highest BCUT2D eigenvalue weighted by Gasteiger charge is 2.43. The summed E-state index contributed by atoms with van der Waals surface area (Å²) in [5, 5.41) is 1.19. The zero-order chi connectivity index (χ0) is 25.1. The third-order valence-corrected chi connectivity index (χ3v) is 7.80. The number of anilines is 1. The molecule has 2 aliphatic rings. The number of hydrogen-bond acceptors (Lipinski definition) is 6. The second-order valence-corrected chi connectivity index (χ2v) is 11.5. The summed E-state index contributed by atoms with van der Waals surface area (Å²) in [7, 11) is 2.23. The van der Waals surface area contributed by atoms with Crippen molar-refractivity contribution < 1.29 is 9.47 Å². The summed E-state index contributed by atoms with van der Waals surface area (Å²) in [5.41, 5.74) is 12.1. The van der Waals surface area contributed by atoms with Crippen molar-refractivity contribution in [2.45, 2.75) is 64.8 Å². The van der Waals surface area contributed by atoms with Crippen LogP contribution in [0.2, 0.25) is 0 Å². The largest absolute Gasteiger partial charge is 0.384 e. The number of hydrogen-bond donors (Lipinski definition) is 3. The molecule has 3 aromatic heterocycles. The van der Waals surface area contributed by atoms with Gasteiger partial charge in [0.15, 0.2) is 11.4 Å². The van der Waals surface area contributed by atoms with Gasteiger partial charge >= 0.3 is 0 Å². The third-order valence-electron chi connectivity index (χ3n) is 7.80. The standard InChI is InChI=1S/C28H36N6O2/c1-17-30-25-21(13-24(29)33-26(25)31-17)23-12-19-11-18(5-6-22(19)32-23)14-34(4)20-7-9-28(10-8-20)35-15-27(2,3)16-36-28/h5-6,11-13,20,32H,7-10,14-16H2,1-4H3,(H3,29,30,31,33). The first-order valence-corrected chi connectivity index (χ1v) is 12.9. The van der Waals surface area contributed by atoms with Gasteiger partial charge in [-0.25, -0.2) is 9.97 Å². The number of fused-ring (bicyclic) bond motifs is 2. The average Bonchev–Trinajstić information content (AvgIpc) is 3.43. The fourth-order valence-corrected chi connectivity index (χ4v) is 5.69. The highest BCUT2D eigenvalue weighted by molar-refractivity contribution is 5.95. The van der Waals surface area contributed by atoms with E-state index in [1.54, 1.807) is 0 Å². The van der Waals surface area contributed by atoms with Gasteiger partial charge in [-0.1, -0.05) is 19.9 Å². The first-order valence-electron chi connectivity index (χ1n) is 12.9. The summed E-state index contributed by atoms with van der Waals surface area (Å²) >= 11 is 0. The number of nitrogen functional groups attached to an aromatic ring is 1. The molecule has 8 nitrogen and oxygen atoms in total. The summed E-state index contributed by atoms with van der Waals surface area (Å²) in [6, 6.07) is 11.3. The van der Waals surface area contributed by atoms with Gasteiger partial charge in [-0.3, -0.25) is 4.90 Å². The van der Waals surface area contributed by atoms with E-state index in [1.807, 2.05) is 13.0 Å². The Morgan fingerprint density at radius 2 is 1.81 bits per heavy atom. The van der Waals surface area contributed by atoms with Gasteiger partial charge in [0.1, 0.15) is 11.6 Å². The van der Waals surface area contributed by atoms with Crippen LogP contribution in [-0.2, 0) is 16.0 Å². The number of benzene rings is 1. The van der Waals surface area contributed by atoms with Crippen molar-refractivity contribution in [1.29, 1.82) is 0 Å². The third kappa shape index (κ3) is 4.38. The molecule has 8 heteroatoms. The van der Waals surface area contributed by atoms with E-state index in [-0.39, 0.29) is 11.2 Å². The maximum absolute atomic E-state index is 6.23. The molecule has 1 saturated carbocycles. The van der Waals surface area contributed by atoms with Crippen LogP contribution in [0.1, 0.15) is 50.9 Å². The van der Waals surface area contributed by atoms with Crippen LogP contribution in [0.5, 0.6) is 0 Å². The molecule has 1 aliphatic carbocycles. The van der Waals surface area contributed by atoms with Crippen molar-refractivity contribution in [3.05, 3.63) is 41.7 Å². The Kier molecular flexibility index (Phi) is 5.59. The Balaban J connectivity index is 1.16. The number of nitrogens with one attached hydrogen (secondary N) is 2. The Hall–Kier alpha value is -2.94. The van der Waals surface area contributed by atoms with Gasteiger partial charge in [0, 0.05) is 53.0 Å². The lowest BCUT2D eigenvalue weighted by Gasteiger charge is -2.47. The molecule has 1 saturated heterocycles. The monoisotopic (exact) mass is 488 g/mol. The Morgan fingerprint density at radius 1 is 1.06 bits per heavy atom. The van der Waals surface area contributed by atoms with Crippen molar-refractivity contribution in [3.8, 4) is 11.3 Å². The number of H-pyrrole nitrogens is 2. The Morgan fingerprint density at radius 3 is 2.56 bits per heavy atom. The Bertz CT molecular complexity index is 1400. The maximum Gasteiger partial charge on any atom is 0.180 e. The molecule has 0 amide bonds.